The molecular formula is C19H24N2O4. The Labute approximate surface area is 147 Å². The van der Waals surface area contributed by atoms with Crippen molar-refractivity contribution in [1.29, 1.82) is 0 Å². The highest BCUT2D eigenvalue weighted by Gasteiger charge is 2.37. The minimum Gasteiger partial charge on any atom is -0.454 e. The van der Waals surface area contributed by atoms with Gasteiger partial charge in [-0.05, 0) is 36.5 Å². The number of amides is 2. The molecule has 0 saturated carbocycles. The number of hydrogen-bond acceptors (Lipinski definition) is 4. The van der Waals surface area contributed by atoms with E-state index in [1.54, 1.807) is 4.90 Å². The fourth-order valence-electron chi connectivity index (χ4n) is 4.00. The summed E-state index contributed by atoms with van der Waals surface area (Å²) in [4.78, 5) is 28.9. The fraction of sp³-hybridized carbons (Fsp3) is 0.579. The van der Waals surface area contributed by atoms with E-state index in [4.69, 9.17) is 9.47 Å². The molecule has 0 N–H and O–H groups in total. The summed E-state index contributed by atoms with van der Waals surface area (Å²) < 4.78 is 10.7. The minimum absolute atomic E-state index is 0.0566. The van der Waals surface area contributed by atoms with Crippen LogP contribution < -0.4 is 9.47 Å². The maximum absolute atomic E-state index is 12.8. The van der Waals surface area contributed by atoms with Crippen molar-refractivity contribution in [3.63, 3.8) is 0 Å². The van der Waals surface area contributed by atoms with Crippen molar-refractivity contribution in [2.24, 2.45) is 11.8 Å². The molecule has 0 radical (unpaired) electrons. The molecule has 134 valence electrons. The number of likely N-dealkylation sites (tertiary alicyclic amines) is 2. The minimum atomic E-state index is -0.202. The van der Waals surface area contributed by atoms with Gasteiger partial charge in [0.2, 0.25) is 18.6 Å². The first kappa shape index (κ1) is 16.2. The molecule has 0 aliphatic carbocycles. The number of piperidine rings is 1. The van der Waals surface area contributed by atoms with Gasteiger partial charge in [-0.15, -0.1) is 0 Å². The lowest BCUT2D eigenvalue weighted by atomic mass is 9.98. The second-order valence-electron chi connectivity index (χ2n) is 7.39. The number of benzene rings is 1. The van der Waals surface area contributed by atoms with Gasteiger partial charge >= 0.3 is 0 Å². The second kappa shape index (κ2) is 6.58. The normalized spacial score (nSPS) is 25.6. The SMILES string of the molecule is CC1CCCN(C(=O)C2CC(=O)N(Cc3ccc4c(c3)OCO4)C2)C1. The third-order valence-electron chi connectivity index (χ3n) is 5.34. The molecule has 4 rings (SSSR count). The molecule has 3 aliphatic rings. The van der Waals surface area contributed by atoms with Crippen LogP contribution in [0.25, 0.3) is 0 Å². The third-order valence-corrected chi connectivity index (χ3v) is 5.34. The van der Waals surface area contributed by atoms with Crippen molar-refractivity contribution >= 4 is 11.8 Å². The number of fused-ring (bicyclic) bond motifs is 1. The molecular weight excluding hydrogens is 320 g/mol. The molecule has 3 aliphatic heterocycles. The van der Waals surface area contributed by atoms with Crippen LogP contribution in [0.1, 0.15) is 31.7 Å². The van der Waals surface area contributed by atoms with E-state index >= 15 is 0 Å². The van der Waals surface area contributed by atoms with Gasteiger partial charge in [0, 0.05) is 32.6 Å². The van der Waals surface area contributed by atoms with Crippen LogP contribution in [-0.2, 0) is 16.1 Å². The fourth-order valence-corrected chi connectivity index (χ4v) is 4.00. The van der Waals surface area contributed by atoms with Crippen molar-refractivity contribution in [3.05, 3.63) is 23.8 Å². The summed E-state index contributed by atoms with van der Waals surface area (Å²) in [5.41, 5.74) is 0.997. The Morgan fingerprint density at radius 2 is 2.08 bits per heavy atom. The number of hydrogen-bond donors (Lipinski definition) is 0. The van der Waals surface area contributed by atoms with Gasteiger partial charge in [-0.1, -0.05) is 13.0 Å². The summed E-state index contributed by atoms with van der Waals surface area (Å²) in [7, 11) is 0. The van der Waals surface area contributed by atoms with Crippen LogP contribution in [0.3, 0.4) is 0 Å². The van der Waals surface area contributed by atoms with Gasteiger partial charge in [0.15, 0.2) is 11.5 Å². The zero-order valence-corrected chi connectivity index (χ0v) is 14.6. The van der Waals surface area contributed by atoms with E-state index in [0.29, 0.717) is 25.4 Å². The largest absolute Gasteiger partial charge is 0.454 e. The summed E-state index contributed by atoms with van der Waals surface area (Å²) in [5, 5.41) is 0. The Balaban J connectivity index is 1.39. The number of carbonyl (C=O) groups excluding carboxylic acids is 2. The summed E-state index contributed by atoms with van der Waals surface area (Å²) in [5.74, 6) is 2.02. The third kappa shape index (κ3) is 3.30. The van der Waals surface area contributed by atoms with Crippen LogP contribution >= 0.6 is 0 Å². The molecule has 2 fully saturated rings. The Morgan fingerprint density at radius 1 is 1.24 bits per heavy atom. The molecule has 0 spiro atoms. The summed E-state index contributed by atoms with van der Waals surface area (Å²) in [6.07, 6.45) is 2.58. The molecule has 6 nitrogen and oxygen atoms in total. The zero-order chi connectivity index (χ0) is 17.4. The van der Waals surface area contributed by atoms with Crippen molar-refractivity contribution in [2.45, 2.75) is 32.7 Å². The van der Waals surface area contributed by atoms with Gasteiger partial charge in [-0.3, -0.25) is 9.59 Å². The highest BCUT2D eigenvalue weighted by atomic mass is 16.7. The lowest BCUT2D eigenvalue weighted by Gasteiger charge is -2.32. The predicted octanol–water partition coefficient (Wildman–Crippen LogP) is 2.02. The quantitative estimate of drug-likeness (QED) is 0.842. The molecule has 2 atom stereocenters. The maximum atomic E-state index is 12.8. The Morgan fingerprint density at radius 3 is 2.92 bits per heavy atom. The first-order valence-corrected chi connectivity index (χ1v) is 9.05. The van der Waals surface area contributed by atoms with Crippen molar-refractivity contribution in [3.8, 4) is 11.5 Å². The monoisotopic (exact) mass is 344 g/mol. The van der Waals surface area contributed by atoms with Crippen LogP contribution in [0.5, 0.6) is 11.5 Å². The van der Waals surface area contributed by atoms with Gasteiger partial charge in [-0.25, -0.2) is 0 Å². The average molecular weight is 344 g/mol. The second-order valence-corrected chi connectivity index (χ2v) is 7.39. The van der Waals surface area contributed by atoms with E-state index in [2.05, 4.69) is 6.92 Å². The van der Waals surface area contributed by atoms with Gasteiger partial charge < -0.3 is 19.3 Å². The lowest BCUT2D eigenvalue weighted by molar-refractivity contribution is -0.137. The van der Waals surface area contributed by atoms with Crippen molar-refractivity contribution < 1.29 is 19.1 Å². The van der Waals surface area contributed by atoms with Crippen LogP contribution in [0, 0.1) is 11.8 Å². The highest BCUT2D eigenvalue weighted by molar-refractivity contribution is 5.89. The highest BCUT2D eigenvalue weighted by Crippen LogP contribution is 2.33. The van der Waals surface area contributed by atoms with E-state index in [1.807, 2.05) is 23.1 Å². The number of nitrogens with zero attached hydrogens (tertiary/aromatic N) is 2. The number of carbonyl (C=O) groups is 2. The molecule has 25 heavy (non-hydrogen) atoms. The van der Waals surface area contributed by atoms with Gasteiger partial charge in [-0.2, -0.15) is 0 Å². The Hall–Kier alpha value is -2.24. The number of rotatable bonds is 3. The standard InChI is InChI=1S/C19H24N2O4/c1-13-3-2-6-20(9-13)19(23)15-8-18(22)21(11-15)10-14-4-5-16-17(7-14)25-12-24-16/h4-5,7,13,15H,2-3,6,8-12H2,1H3. The van der Waals surface area contributed by atoms with Crippen LogP contribution in [0.15, 0.2) is 18.2 Å². The van der Waals surface area contributed by atoms with Gasteiger partial charge in [0.25, 0.3) is 0 Å². The zero-order valence-electron chi connectivity index (χ0n) is 14.6. The topological polar surface area (TPSA) is 59.1 Å². The van der Waals surface area contributed by atoms with E-state index in [0.717, 1.165) is 36.6 Å². The average Bonchev–Trinajstić information content (AvgIpc) is 3.21. The summed E-state index contributed by atoms with van der Waals surface area (Å²) >= 11 is 0. The van der Waals surface area contributed by atoms with E-state index in [1.165, 1.54) is 6.42 Å². The van der Waals surface area contributed by atoms with Gasteiger partial charge in [0.1, 0.15) is 0 Å². The molecule has 1 aromatic rings. The first-order chi connectivity index (χ1) is 12.1. The van der Waals surface area contributed by atoms with Gasteiger partial charge in [0.05, 0.1) is 5.92 Å². The smallest absolute Gasteiger partial charge is 0.231 e. The van der Waals surface area contributed by atoms with Crippen LogP contribution in [0.2, 0.25) is 0 Å². The van der Waals surface area contributed by atoms with E-state index in [-0.39, 0.29) is 24.5 Å². The Kier molecular flexibility index (Phi) is 4.27. The first-order valence-electron chi connectivity index (χ1n) is 9.05. The molecule has 3 heterocycles. The molecule has 0 aromatic heterocycles. The van der Waals surface area contributed by atoms with Crippen molar-refractivity contribution in [1.82, 2.24) is 9.80 Å². The predicted molar refractivity (Wildman–Crippen MR) is 91.1 cm³/mol. The van der Waals surface area contributed by atoms with E-state index < -0.39 is 0 Å². The number of ether oxygens (including phenoxy) is 2. The van der Waals surface area contributed by atoms with E-state index in [9.17, 15) is 9.59 Å². The molecule has 2 amide bonds. The molecule has 1 aromatic carbocycles. The molecule has 2 unspecified atom stereocenters. The van der Waals surface area contributed by atoms with Crippen LogP contribution in [-0.4, -0.2) is 48.0 Å². The van der Waals surface area contributed by atoms with Crippen LogP contribution in [0.4, 0.5) is 0 Å². The molecule has 2 saturated heterocycles. The van der Waals surface area contributed by atoms with Crippen molar-refractivity contribution in [2.75, 3.05) is 26.4 Å². The maximum Gasteiger partial charge on any atom is 0.231 e. The summed E-state index contributed by atoms with van der Waals surface area (Å²) in [6, 6.07) is 5.73. The molecule has 6 heteroatoms. The summed E-state index contributed by atoms with van der Waals surface area (Å²) in [6.45, 7) is 5.10. The molecule has 0 bridgehead atoms. The Bertz CT molecular complexity index is 690. The lowest BCUT2D eigenvalue weighted by Crippen LogP contribution is -2.43.